The second-order valence-corrected chi connectivity index (χ2v) is 3.77. The van der Waals surface area contributed by atoms with E-state index in [-0.39, 0.29) is 12.6 Å². The normalized spacial score (nSPS) is 10.0. The van der Waals surface area contributed by atoms with Gasteiger partial charge in [0, 0.05) is 12.6 Å². The van der Waals surface area contributed by atoms with Crippen LogP contribution in [-0.4, -0.2) is 23.3 Å². The number of aromatic nitrogens is 2. The first-order chi connectivity index (χ1) is 9.17. The molecular formula is C12H14N4O3. The van der Waals surface area contributed by atoms with Gasteiger partial charge in [0.05, 0.1) is 13.7 Å². The minimum atomic E-state index is -0.340. The van der Waals surface area contributed by atoms with E-state index in [1.165, 1.54) is 0 Å². The van der Waals surface area contributed by atoms with Gasteiger partial charge < -0.3 is 19.9 Å². The summed E-state index contributed by atoms with van der Waals surface area (Å²) < 4.78 is 9.82. The van der Waals surface area contributed by atoms with Crippen molar-refractivity contribution < 1.29 is 14.1 Å². The molecule has 2 aromatic rings. The van der Waals surface area contributed by atoms with Crippen LogP contribution in [0.15, 0.2) is 28.8 Å². The number of methoxy groups -OCH3 is 1. The van der Waals surface area contributed by atoms with Crippen LogP contribution < -0.4 is 15.4 Å². The minimum absolute atomic E-state index is 0.208. The Morgan fingerprint density at radius 2 is 2.11 bits per heavy atom. The summed E-state index contributed by atoms with van der Waals surface area (Å²) in [5.74, 6) is 1.63. The molecule has 0 aliphatic heterocycles. The second-order valence-electron chi connectivity index (χ2n) is 3.77. The van der Waals surface area contributed by atoms with Crippen molar-refractivity contribution >= 4 is 11.7 Å². The fraction of sp³-hybridized carbons (Fsp3) is 0.250. The van der Waals surface area contributed by atoms with E-state index >= 15 is 0 Å². The average Bonchev–Trinajstić information content (AvgIpc) is 2.83. The summed E-state index contributed by atoms with van der Waals surface area (Å²) >= 11 is 0. The molecule has 7 heteroatoms. The minimum Gasteiger partial charge on any atom is -0.497 e. The highest BCUT2D eigenvalue weighted by atomic mass is 16.5. The maximum Gasteiger partial charge on any atom is 0.319 e. The molecule has 0 unspecified atom stereocenters. The van der Waals surface area contributed by atoms with Gasteiger partial charge in [-0.1, -0.05) is 5.16 Å². The van der Waals surface area contributed by atoms with Gasteiger partial charge in [-0.3, -0.25) is 0 Å². The highest BCUT2D eigenvalue weighted by molar-refractivity contribution is 5.89. The van der Waals surface area contributed by atoms with Crippen LogP contribution in [0.5, 0.6) is 5.75 Å². The van der Waals surface area contributed by atoms with E-state index in [9.17, 15) is 4.79 Å². The van der Waals surface area contributed by atoms with E-state index in [1.807, 2.05) is 0 Å². The number of hydrogen-bond donors (Lipinski definition) is 2. The Labute approximate surface area is 110 Å². The van der Waals surface area contributed by atoms with Crippen molar-refractivity contribution in [3.05, 3.63) is 36.0 Å². The van der Waals surface area contributed by atoms with Crippen LogP contribution in [0.2, 0.25) is 0 Å². The summed E-state index contributed by atoms with van der Waals surface area (Å²) in [5.41, 5.74) is 0.669. The lowest BCUT2D eigenvalue weighted by Crippen LogP contribution is -2.28. The number of aryl methyl sites for hydroxylation is 1. The van der Waals surface area contributed by atoms with Crippen LogP contribution in [0, 0.1) is 6.92 Å². The maximum absolute atomic E-state index is 11.6. The lowest BCUT2D eigenvalue weighted by atomic mass is 10.3. The molecular weight excluding hydrogens is 248 g/mol. The lowest BCUT2D eigenvalue weighted by Gasteiger charge is -2.06. The first-order valence-electron chi connectivity index (χ1n) is 5.65. The Hall–Kier alpha value is -2.57. The van der Waals surface area contributed by atoms with Crippen LogP contribution in [0.25, 0.3) is 0 Å². The molecule has 19 heavy (non-hydrogen) atoms. The third-order valence-corrected chi connectivity index (χ3v) is 2.32. The summed E-state index contributed by atoms with van der Waals surface area (Å²) in [6.45, 7) is 1.90. The van der Waals surface area contributed by atoms with Crippen molar-refractivity contribution in [3.8, 4) is 5.75 Å². The monoisotopic (exact) mass is 262 g/mol. The van der Waals surface area contributed by atoms with Gasteiger partial charge >= 0.3 is 6.03 Å². The molecule has 1 aromatic carbocycles. The zero-order valence-corrected chi connectivity index (χ0v) is 10.6. The van der Waals surface area contributed by atoms with Crippen LogP contribution in [0.3, 0.4) is 0 Å². The lowest BCUT2D eigenvalue weighted by molar-refractivity contribution is 0.251. The topological polar surface area (TPSA) is 89.3 Å². The van der Waals surface area contributed by atoms with Crippen LogP contribution in [0.1, 0.15) is 11.7 Å². The van der Waals surface area contributed by atoms with Crippen molar-refractivity contribution in [2.45, 2.75) is 13.5 Å². The largest absolute Gasteiger partial charge is 0.497 e. The fourth-order valence-electron chi connectivity index (χ4n) is 1.42. The van der Waals surface area contributed by atoms with Gasteiger partial charge in [-0.15, -0.1) is 0 Å². The number of rotatable bonds is 4. The van der Waals surface area contributed by atoms with E-state index in [0.29, 0.717) is 17.4 Å². The second kappa shape index (κ2) is 5.85. The first-order valence-corrected chi connectivity index (χ1v) is 5.65. The number of anilines is 1. The molecule has 0 radical (unpaired) electrons. The Morgan fingerprint density at radius 1 is 1.37 bits per heavy atom. The molecule has 2 rings (SSSR count). The smallest absolute Gasteiger partial charge is 0.319 e. The predicted molar refractivity (Wildman–Crippen MR) is 67.9 cm³/mol. The summed E-state index contributed by atoms with van der Waals surface area (Å²) in [7, 11) is 1.59. The molecule has 0 atom stereocenters. The van der Waals surface area contributed by atoms with Gasteiger partial charge in [-0.2, -0.15) is 4.98 Å². The Morgan fingerprint density at radius 3 is 2.68 bits per heavy atom. The number of amides is 2. The third-order valence-electron chi connectivity index (χ3n) is 2.32. The summed E-state index contributed by atoms with van der Waals surface area (Å²) in [5, 5.41) is 8.97. The fourth-order valence-corrected chi connectivity index (χ4v) is 1.42. The molecule has 0 aliphatic carbocycles. The van der Waals surface area contributed by atoms with Gasteiger partial charge in [0.25, 0.3) is 0 Å². The number of ether oxygens (including phenoxy) is 1. The van der Waals surface area contributed by atoms with Gasteiger partial charge in [0.15, 0.2) is 5.82 Å². The van der Waals surface area contributed by atoms with Crippen molar-refractivity contribution in [1.29, 1.82) is 0 Å². The molecule has 1 heterocycles. The number of urea groups is 1. The van der Waals surface area contributed by atoms with Crippen molar-refractivity contribution in [2.24, 2.45) is 0 Å². The number of hydrogen-bond acceptors (Lipinski definition) is 5. The first kappa shape index (κ1) is 12.9. The van der Waals surface area contributed by atoms with Crippen molar-refractivity contribution in [3.63, 3.8) is 0 Å². The molecule has 0 fully saturated rings. The summed E-state index contributed by atoms with van der Waals surface area (Å²) in [4.78, 5) is 15.6. The van der Waals surface area contributed by atoms with Crippen molar-refractivity contribution in [1.82, 2.24) is 15.5 Å². The van der Waals surface area contributed by atoms with Crippen molar-refractivity contribution in [2.75, 3.05) is 12.4 Å². The SMILES string of the molecule is COc1ccc(NC(=O)NCc2noc(C)n2)cc1. The zero-order valence-electron chi connectivity index (χ0n) is 10.6. The summed E-state index contributed by atoms with van der Waals surface area (Å²) in [6.07, 6.45) is 0. The van der Waals surface area contributed by atoms with Crippen LogP contribution in [0.4, 0.5) is 10.5 Å². The standard InChI is InChI=1S/C12H14N4O3/c1-8-14-11(16-19-8)7-13-12(17)15-9-3-5-10(18-2)6-4-9/h3-6H,7H2,1-2H3,(H2,13,15,17). The average molecular weight is 262 g/mol. The van der Waals surface area contributed by atoms with E-state index in [1.54, 1.807) is 38.3 Å². The molecule has 1 aromatic heterocycles. The molecule has 2 amide bonds. The number of nitrogens with one attached hydrogen (secondary N) is 2. The summed E-state index contributed by atoms with van der Waals surface area (Å²) in [6, 6.07) is 6.68. The Balaban J connectivity index is 1.83. The van der Waals surface area contributed by atoms with Gasteiger partial charge in [-0.05, 0) is 24.3 Å². The van der Waals surface area contributed by atoms with E-state index in [2.05, 4.69) is 20.8 Å². The van der Waals surface area contributed by atoms with Gasteiger partial charge in [0.2, 0.25) is 5.89 Å². The van der Waals surface area contributed by atoms with E-state index < -0.39 is 0 Å². The number of benzene rings is 1. The molecule has 0 spiro atoms. The van der Waals surface area contributed by atoms with E-state index in [4.69, 9.17) is 9.26 Å². The highest BCUT2D eigenvalue weighted by Gasteiger charge is 2.05. The quantitative estimate of drug-likeness (QED) is 0.875. The number of carbonyl (C=O) groups is 1. The molecule has 7 nitrogen and oxygen atoms in total. The molecule has 0 saturated heterocycles. The molecule has 100 valence electrons. The van der Waals surface area contributed by atoms with Gasteiger partial charge in [-0.25, -0.2) is 4.79 Å². The molecule has 0 bridgehead atoms. The molecule has 0 saturated carbocycles. The third kappa shape index (κ3) is 3.70. The van der Waals surface area contributed by atoms with Gasteiger partial charge in [0.1, 0.15) is 5.75 Å². The maximum atomic E-state index is 11.6. The Bertz CT molecular complexity index is 550. The highest BCUT2D eigenvalue weighted by Crippen LogP contribution is 2.14. The van der Waals surface area contributed by atoms with Crippen LogP contribution in [-0.2, 0) is 6.54 Å². The molecule has 2 N–H and O–H groups in total. The molecule has 0 aliphatic rings. The van der Waals surface area contributed by atoms with Crippen LogP contribution >= 0.6 is 0 Å². The van der Waals surface area contributed by atoms with E-state index in [0.717, 1.165) is 5.75 Å². The number of nitrogens with zero attached hydrogens (tertiary/aromatic N) is 2. The predicted octanol–water partition coefficient (Wildman–Crippen LogP) is 1.71. The number of carbonyl (C=O) groups excluding carboxylic acids is 1. The Kier molecular flexibility index (Phi) is 3.97. The zero-order chi connectivity index (χ0) is 13.7.